The Hall–Kier alpha value is -1.19. The van der Waals surface area contributed by atoms with Gasteiger partial charge < -0.3 is 10.4 Å². The summed E-state index contributed by atoms with van der Waals surface area (Å²) in [6, 6.07) is 0. The molecule has 0 aliphatic rings. The van der Waals surface area contributed by atoms with E-state index < -0.39 is 0 Å². The first-order valence-electron chi connectivity index (χ1n) is 2.20. The summed E-state index contributed by atoms with van der Waals surface area (Å²) in [5.74, 6) is 0.380. The van der Waals surface area contributed by atoms with Gasteiger partial charge >= 0.3 is 5.82 Å². The van der Waals surface area contributed by atoms with E-state index in [1.807, 2.05) is 0 Å². The molecule has 0 spiro atoms. The lowest BCUT2D eigenvalue weighted by molar-refractivity contribution is -0.909. The van der Waals surface area contributed by atoms with Crippen LogP contribution in [0.5, 0.6) is 0 Å². The fourth-order valence-corrected chi connectivity index (χ4v) is 0.447. The molecule has 0 amide bonds. The van der Waals surface area contributed by atoms with Crippen LogP contribution in [-0.2, 0) is 0 Å². The van der Waals surface area contributed by atoms with E-state index in [9.17, 15) is 0 Å². The minimum atomic E-state index is 0.380. The first-order valence-corrected chi connectivity index (χ1v) is 2.20. The highest BCUT2D eigenvalue weighted by Gasteiger charge is 2.07. The average molecular weight is 115 g/mol. The predicted octanol–water partition coefficient (Wildman–Crippen LogP) is -0.441. The average Bonchev–Trinajstić information content (AvgIpc) is 1.98. The van der Waals surface area contributed by atoms with Gasteiger partial charge in [-0.15, -0.1) is 0 Å². The van der Waals surface area contributed by atoms with Crippen LogP contribution in [-0.4, -0.2) is 15.1 Å². The maximum atomic E-state index is 8.68. The Balaban J connectivity index is 3.19. The summed E-state index contributed by atoms with van der Waals surface area (Å²) in [5, 5.41) is 17.4. The van der Waals surface area contributed by atoms with Crippen molar-refractivity contribution in [2.45, 2.75) is 6.92 Å². The molecule has 0 radical (unpaired) electrons. The van der Waals surface area contributed by atoms with Gasteiger partial charge in [0.15, 0.2) is 12.4 Å². The molecule has 0 aliphatic heterocycles. The van der Waals surface area contributed by atoms with Gasteiger partial charge in [-0.3, -0.25) is 0 Å². The fourth-order valence-electron chi connectivity index (χ4n) is 0.447. The lowest BCUT2D eigenvalue weighted by Gasteiger charge is -1.81. The standard InChI is InChI=1S/C4H7N2O2/c1-4-5(7)2-3-6(4)8/h2-3,7-8H,1H3/q+1. The molecule has 2 N–H and O–H groups in total. The smallest absolute Gasteiger partial charge is 0.331 e. The zero-order valence-corrected chi connectivity index (χ0v) is 4.44. The fraction of sp³-hybridized carbons (Fsp3) is 0.250. The van der Waals surface area contributed by atoms with Gasteiger partial charge in [-0.1, -0.05) is 0 Å². The van der Waals surface area contributed by atoms with Crippen LogP contribution in [0, 0.1) is 6.92 Å². The molecule has 0 bridgehead atoms. The van der Waals surface area contributed by atoms with Crippen LogP contribution in [0.4, 0.5) is 0 Å². The summed E-state index contributed by atoms with van der Waals surface area (Å²) in [7, 11) is 0. The molecule has 1 aromatic rings. The minimum absolute atomic E-state index is 0.380. The molecule has 0 saturated carbocycles. The molecular formula is C4H7N2O2+. The Kier molecular flexibility index (Phi) is 0.865. The third-order valence-corrected chi connectivity index (χ3v) is 1.01. The quantitative estimate of drug-likeness (QED) is 0.355. The van der Waals surface area contributed by atoms with Crippen molar-refractivity contribution in [1.82, 2.24) is 4.73 Å². The first kappa shape index (κ1) is 4.96. The molecule has 1 rings (SSSR count). The molecule has 0 saturated heterocycles. The molecular weight excluding hydrogens is 108 g/mol. The van der Waals surface area contributed by atoms with Crippen molar-refractivity contribution in [2.24, 2.45) is 0 Å². The van der Waals surface area contributed by atoms with Gasteiger partial charge in [0.25, 0.3) is 0 Å². The van der Waals surface area contributed by atoms with E-state index >= 15 is 0 Å². The summed E-state index contributed by atoms with van der Waals surface area (Å²) >= 11 is 0. The number of imidazole rings is 1. The highest BCUT2D eigenvalue weighted by atomic mass is 16.5. The Morgan fingerprint density at radius 1 is 1.75 bits per heavy atom. The van der Waals surface area contributed by atoms with Crippen molar-refractivity contribution in [1.29, 1.82) is 0 Å². The summed E-state index contributed by atoms with van der Waals surface area (Å²) in [5.41, 5.74) is 0. The second kappa shape index (κ2) is 1.40. The van der Waals surface area contributed by atoms with Gasteiger partial charge in [0.2, 0.25) is 0 Å². The van der Waals surface area contributed by atoms with Crippen molar-refractivity contribution < 1.29 is 15.1 Å². The second-order valence-corrected chi connectivity index (χ2v) is 1.53. The van der Waals surface area contributed by atoms with Crippen molar-refractivity contribution in [2.75, 3.05) is 0 Å². The molecule has 8 heavy (non-hydrogen) atoms. The van der Waals surface area contributed by atoms with Gasteiger partial charge in [0, 0.05) is 6.92 Å². The lowest BCUT2D eigenvalue weighted by atomic mass is 10.7. The van der Waals surface area contributed by atoms with Crippen LogP contribution in [0.25, 0.3) is 0 Å². The van der Waals surface area contributed by atoms with Crippen molar-refractivity contribution in [3.8, 4) is 0 Å². The van der Waals surface area contributed by atoms with Crippen molar-refractivity contribution in [3.63, 3.8) is 0 Å². The van der Waals surface area contributed by atoms with Gasteiger partial charge in [-0.2, -0.15) is 0 Å². The molecule has 0 unspecified atom stereocenters. The van der Waals surface area contributed by atoms with Crippen LogP contribution < -0.4 is 4.73 Å². The van der Waals surface area contributed by atoms with Gasteiger partial charge in [0.05, 0.1) is 0 Å². The number of rotatable bonds is 0. The molecule has 0 atom stereocenters. The SMILES string of the molecule is Cc1n(O)cc[n+]1O. The van der Waals surface area contributed by atoms with E-state index in [0.29, 0.717) is 5.82 Å². The molecule has 0 aromatic carbocycles. The Morgan fingerprint density at radius 3 is 2.50 bits per heavy atom. The number of aromatic nitrogens is 2. The molecule has 44 valence electrons. The van der Waals surface area contributed by atoms with E-state index in [1.165, 1.54) is 12.4 Å². The summed E-state index contributed by atoms with van der Waals surface area (Å²) in [6.07, 6.45) is 2.69. The predicted molar refractivity (Wildman–Crippen MR) is 23.7 cm³/mol. The molecule has 4 nitrogen and oxygen atoms in total. The van der Waals surface area contributed by atoms with E-state index in [-0.39, 0.29) is 0 Å². The Labute approximate surface area is 46.1 Å². The van der Waals surface area contributed by atoms with Crippen LogP contribution in [0.2, 0.25) is 0 Å². The Bertz CT molecular complexity index is 174. The molecule has 1 aromatic heterocycles. The maximum Gasteiger partial charge on any atom is 0.331 e. The molecule has 0 aliphatic carbocycles. The highest BCUT2D eigenvalue weighted by molar-refractivity contribution is 4.72. The molecule has 4 heteroatoms. The zero-order valence-electron chi connectivity index (χ0n) is 4.44. The van der Waals surface area contributed by atoms with E-state index in [4.69, 9.17) is 10.4 Å². The number of hydrogen-bond donors (Lipinski definition) is 2. The first-order chi connectivity index (χ1) is 3.72. The van der Waals surface area contributed by atoms with Crippen molar-refractivity contribution >= 4 is 0 Å². The highest BCUT2D eigenvalue weighted by Crippen LogP contribution is 1.83. The summed E-state index contributed by atoms with van der Waals surface area (Å²) in [6.45, 7) is 1.58. The third-order valence-electron chi connectivity index (χ3n) is 1.01. The number of nitrogens with zero attached hydrogens (tertiary/aromatic N) is 2. The Morgan fingerprint density at radius 2 is 2.38 bits per heavy atom. The van der Waals surface area contributed by atoms with E-state index in [1.54, 1.807) is 6.92 Å². The topological polar surface area (TPSA) is 49.3 Å². The second-order valence-electron chi connectivity index (χ2n) is 1.53. The van der Waals surface area contributed by atoms with E-state index in [0.717, 1.165) is 9.46 Å². The summed E-state index contributed by atoms with van der Waals surface area (Å²) < 4.78 is 1.67. The third kappa shape index (κ3) is 0.501. The van der Waals surface area contributed by atoms with Crippen LogP contribution >= 0.6 is 0 Å². The zero-order chi connectivity index (χ0) is 6.15. The van der Waals surface area contributed by atoms with Gasteiger partial charge in [-0.25, -0.2) is 0 Å². The monoisotopic (exact) mass is 115 g/mol. The summed E-state index contributed by atoms with van der Waals surface area (Å²) in [4.78, 5) is 0. The molecule has 0 fully saturated rings. The lowest BCUT2D eigenvalue weighted by Crippen LogP contribution is -2.31. The van der Waals surface area contributed by atoms with Gasteiger partial charge in [0.1, 0.15) is 0 Å². The normalized spacial score (nSPS) is 9.62. The number of hydrogen-bond acceptors (Lipinski definition) is 2. The minimum Gasteiger partial charge on any atom is -0.350 e. The van der Waals surface area contributed by atoms with E-state index in [2.05, 4.69) is 0 Å². The van der Waals surface area contributed by atoms with Crippen LogP contribution in [0.1, 0.15) is 5.82 Å². The maximum absolute atomic E-state index is 8.68. The van der Waals surface area contributed by atoms with Crippen LogP contribution in [0.3, 0.4) is 0 Å². The van der Waals surface area contributed by atoms with Crippen LogP contribution in [0.15, 0.2) is 12.4 Å². The van der Waals surface area contributed by atoms with Gasteiger partial charge in [-0.05, 0) is 9.46 Å². The largest absolute Gasteiger partial charge is 0.350 e. The van der Waals surface area contributed by atoms with Crippen molar-refractivity contribution in [3.05, 3.63) is 18.2 Å². The molecule has 1 heterocycles.